The number of hydrogen-bond donors (Lipinski definition) is 1. The van der Waals surface area contributed by atoms with Gasteiger partial charge in [-0.25, -0.2) is 9.18 Å². The first-order valence-corrected chi connectivity index (χ1v) is 5.13. The van der Waals surface area contributed by atoms with E-state index in [0.29, 0.717) is 18.2 Å². The summed E-state index contributed by atoms with van der Waals surface area (Å²) < 4.78 is 55.2. The Morgan fingerprint density at radius 3 is 2.58 bits per heavy atom. The SMILES string of the molecule is C=CC(Nc1cc(C(F)(F)F)ccc1F)C(=O)OC. The molecule has 19 heavy (non-hydrogen) atoms. The molecule has 1 aromatic carbocycles. The quantitative estimate of drug-likeness (QED) is 0.522. The minimum atomic E-state index is -4.60. The maximum atomic E-state index is 13.4. The Morgan fingerprint density at radius 1 is 1.47 bits per heavy atom. The molecular weight excluding hydrogens is 266 g/mol. The summed E-state index contributed by atoms with van der Waals surface area (Å²) in [5.41, 5.74) is -1.48. The van der Waals surface area contributed by atoms with Gasteiger partial charge in [-0.2, -0.15) is 13.2 Å². The van der Waals surface area contributed by atoms with Crippen LogP contribution in [0, 0.1) is 5.82 Å². The lowest BCUT2D eigenvalue weighted by Gasteiger charge is -2.16. The van der Waals surface area contributed by atoms with Crippen LogP contribution in [0.3, 0.4) is 0 Å². The molecule has 0 spiro atoms. The summed E-state index contributed by atoms with van der Waals surface area (Å²) in [6.45, 7) is 3.32. The number of benzene rings is 1. The molecule has 104 valence electrons. The lowest BCUT2D eigenvalue weighted by molar-refractivity contribution is -0.140. The van der Waals surface area contributed by atoms with E-state index in [1.165, 1.54) is 0 Å². The number of methoxy groups -OCH3 is 1. The van der Waals surface area contributed by atoms with E-state index in [2.05, 4.69) is 16.6 Å². The minimum Gasteiger partial charge on any atom is -0.467 e. The first-order valence-electron chi connectivity index (χ1n) is 5.13. The van der Waals surface area contributed by atoms with Crippen LogP contribution in [0.4, 0.5) is 23.2 Å². The second-order valence-corrected chi connectivity index (χ2v) is 3.57. The fraction of sp³-hybridized carbons (Fsp3) is 0.250. The second-order valence-electron chi connectivity index (χ2n) is 3.57. The molecule has 0 saturated carbocycles. The lowest BCUT2D eigenvalue weighted by atomic mass is 10.1. The molecule has 0 amide bonds. The van der Waals surface area contributed by atoms with Crippen LogP contribution >= 0.6 is 0 Å². The molecule has 0 aliphatic carbocycles. The molecule has 1 aromatic rings. The highest BCUT2D eigenvalue weighted by molar-refractivity contribution is 5.81. The maximum absolute atomic E-state index is 13.4. The Morgan fingerprint density at radius 2 is 2.11 bits per heavy atom. The van der Waals surface area contributed by atoms with Crippen molar-refractivity contribution < 1.29 is 27.1 Å². The van der Waals surface area contributed by atoms with Gasteiger partial charge in [-0.05, 0) is 18.2 Å². The fourth-order valence-corrected chi connectivity index (χ4v) is 1.32. The van der Waals surface area contributed by atoms with Crippen molar-refractivity contribution in [2.24, 2.45) is 0 Å². The summed E-state index contributed by atoms with van der Waals surface area (Å²) in [6.07, 6.45) is -3.50. The second kappa shape index (κ2) is 5.73. The number of halogens is 4. The molecular formula is C12H11F4NO2. The van der Waals surface area contributed by atoms with E-state index in [-0.39, 0.29) is 0 Å². The average molecular weight is 277 g/mol. The van der Waals surface area contributed by atoms with E-state index >= 15 is 0 Å². The van der Waals surface area contributed by atoms with Crippen LogP contribution in [-0.4, -0.2) is 19.1 Å². The van der Waals surface area contributed by atoms with Crippen LogP contribution < -0.4 is 5.32 Å². The number of carbonyl (C=O) groups excluding carboxylic acids is 1. The third-order valence-corrected chi connectivity index (χ3v) is 2.30. The van der Waals surface area contributed by atoms with Crippen LogP contribution in [-0.2, 0) is 15.7 Å². The molecule has 3 nitrogen and oxygen atoms in total. The molecule has 0 heterocycles. The molecule has 0 aliphatic heterocycles. The highest BCUT2D eigenvalue weighted by atomic mass is 19.4. The molecule has 1 rings (SSSR count). The van der Waals surface area contributed by atoms with Crippen molar-refractivity contribution in [2.45, 2.75) is 12.2 Å². The Hall–Kier alpha value is -2.05. The van der Waals surface area contributed by atoms with Gasteiger partial charge in [-0.3, -0.25) is 0 Å². The van der Waals surface area contributed by atoms with Crippen molar-refractivity contribution >= 4 is 11.7 Å². The van der Waals surface area contributed by atoms with Crippen molar-refractivity contribution in [2.75, 3.05) is 12.4 Å². The van der Waals surface area contributed by atoms with Gasteiger partial charge in [0, 0.05) is 0 Å². The van der Waals surface area contributed by atoms with Gasteiger partial charge < -0.3 is 10.1 Å². The van der Waals surface area contributed by atoms with Crippen molar-refractivity contribution in [3.63, 3.8) is 0 Å². The van der Waals surface area contributed by atoms with Crippen molar-refractivity contribution in [1.29, 1.82) is 0 Å². The predicted octanol–water partition coefficient (Wildman–Crippen LogP) is 2.98. The topological polar surface area (TPSA) is 38.3 Å². The van der Waals surface area contributed by atoms with E-state index in [1.807, 2.05) is 0 Å². The zero-order valence-electron chi connectivity index (χ0n) is 9.92. The van der Waals surface area contributed by atoms with Gasteiger partial charge in [-0.1, -0.05) is 6.08 Å². The van der Waals surface area contributed by atoms with E-state index in [9.17, 15) is 22.4 Å². The van der Waals surface area contributed by atoms with E-state index in [0.717, 1.165) is 13.2 Å². The zero-order chi connectivity index (χ0) is 14.6. The Labute approximate surface area is 106 Å². The molecule has 0 radical (unpaired) electrons. The number of alkyl halides is 3. The maximum Gasteiger partial charge on any atom is 0.416 e. The largest absolute Gasteiger partial charge is 0.467 e. The van der Waals surface area contributed by atoms with Gasteiger partial charge in [0.1, 0.15) is 11.9 Å². The highest BCUT2D eigenvalue weighted by Gasteiger charge is 2.31. The Balaban J connectivity index is 3.06. The molecule has 0 aromatic heterocycles. The van der Waals surface area contributed by atoms with Gasteiger partial charge >= 0.3 is 12.1 Å². The summed E-state index contributed by atoms with van der Waals surface area (Å²) in [5.74, 6) is -1.70. The molecule has 1 unspecified atom stereocenters. The zero-order valence-corrected chi connectivity index (χ0v) is 9.92. The number of anilines is 1. The average Bonchev–Trinajstić information content (AvgIpc) is 2.35. The van der Waals surface area contributed by atoms with Gasteiger partial charge in [0.25, 0.3) is 0 Å². The van der Waals surface area contributed by atoms with Gasteiger partial charge in [0.05, 0.1) is 18.4 Å². The van der Waals surface area contributed by atoms with E-state index < -0.39 is 35.3 Å². The molecule has 0 bridgehead atoms. The predicted molar refractivity (Wildman–Crippen MR) is 61.0 cm³/mol. The van der Waals surface area contributed by atoms with Crippen molar-refractivity contribution in [3.8, 4) is 0 Å². The molecule has 0 fully saturated rings. The third-order valence-electron chi connectivity index (χ3n) is 2.30. The van der Waals surface area contributed by atoms with Crippen LogP contribution in [0.5, 0.6) is 0 Å². The fourth-order valence-electron chi connectivity index (χ4n) is 1.32. The molecule has 0 aliphatic rings. The van der Waals surface area contributed by atoms with Gasteiger partial charge in [0.15, 0.2) is 0 Å². The first kappa shape index (κ1) is 15.0. The Bertz CT molecular complexity index is 485. The summed E-state index contributed by atoms with van der Waals surface area (Å²) >= 11 is 0. The first-order chi connectivity index (χ1) is 8.79. The smallest absolute Gasteiger partial charge is 0.416 e. The van der Waals surface area contributed by atoms with E-state index in [1.54, 1.807) is 0 Å². The minimum absolute atomic E-state index is 0.454. The number of carbonyl (C=O) groups is 1. The Kier molecular flexibility index (Phi) is 4.52. The van der Waals surface area contributed by atoms with Gasteiger partial charge in [0.2, 0.25) is 0 Å². The van der Waals surface area contributed by atoms with Gasteiger partial charge in [-0.15, -0.1) is 6.58 Å². The van der Waals surface area contributed by atoms with Crippen LogP contribution in [0.1, 0.15) is 5.56 Å². The summed E-state index contributed by atoms with van der Waals surface area (Å²) in [6, 6.07) is 0.724. The number of nitrogens with one attached hydrogen (secondary N) is 1. The summed E-state index contributed by atoms with van der Waals surface area (Å²) in [5, 5.41) is 2.29. The van der Waals surface area contributed by atoms with Crippen LogP contribution in [0.25, 0.3) is 0 Å². The van der Waals surface area contributed by atoms with Crippen molar-refractivity contribution in [3.05, 3.63) is 42.2 Å². The summed E-state index contributed by atoms with van der Waals surface area (Å²) in [4.78, 5) is 11.2. The van der Waals surface area contributed by atoms with Crippen molar-refractivity contribution in [1.82, 2.24) is 0 Å². The number of hydrogen-bond acceptors (Lipinski definition) is 3. The summed E-state index contributed by atoms with van der Waals surface area (Å²) in [7, 11) is 1.10. The monoisotopic (exact) mass is 277 g/mol. The highest BCUT2D eigenvalue weighted by Crippen LogP contribution is 2.32. The molecule has 1 atom stereocenters. The number of rotatable bonds is 4. The molecule has 1 N–H and O–H groups in total. The number of ether oxygens (including phenoxy) is 1. The van der Waals surface area contributed by atoms with Crippen LogP contribution in [0.2, 0.25) is 0 Å². The molecule has 0 saturated heterocycles. The lowest BCUT2D eigenvalue weighted by Crippen LogP contribution is -2.28. The molecule has 7 heteroatoms. The van der Waals surface area contributed by atoms with E-state index in [4.69, 9.17) is 0 Å². The number of esters is 1. The third kappa shape index (κ3) is 3.70. The standard InChI is InChI=1S/C12H11F4NO2/c1-3-9(11(18)19-2)17-10-6-7(12(14,15)16)4-5-8(10)13/h3-6,9,17H,1H2,2H3. The normalized spacial score (nSPS) is 12.7. The van der Waals surface area contributed by atoms with Crippen LogP contribution in [0.15, 0.2) is 30.9 Å².